The molecule has 1 aliphatic rings. The van der Waals surface area contributed by atoms with E-state index in [-0.39, 0.29) is 5.88 Å². The van der Waals surface area contributed by atoms with Crippen LogP contribution in [-0.4, -0.2) is 28.0 Å². The van der Waals surface area contributed by atoms with E-state index in [9.17, 15) is 13.2 Å². The highest BCUT2D eigenvalue weighted by atomic mass is 19.4. The van der Waals surface area contributed by atoms with Crippen molar-refractivity contribution in [2.75, 3.05) is 18.0 Å². The summed E-state index contributed by atoms with van der Waals surface area (Å²) in [5.41, 5.74) is 2.39. The SMILES string of the molecule is Cc1cnc(N2CCC(=Cc3cccc(Oc4ccc(C(F)(F)F)cn4)c3)CC2)cn1. The Bertz CT molecular complexity index is 1050. The zero-order valence-electron chi connectivity index (χ0n) is 16.9. The smallest absolute Gasteiger partial charge is 0.417 e. The van der Waals surface area contributed by atoms with Gasteiger partial charge in [0.25, 0.3) is 0 Å². The van der Waals surface area contributed by atoms with Gasteiger partial charge < -0.3 is 9.64 Å². The second-order valence-electron chi connectivity index (χ2n) is 7.36. The number of alkyl halides is 3. The summed E-state index contributed by atoms with van der Waals surface area (Å²) < 4.78 is 43.6. The molecular weight excluding hydrogens is 405 g/mol. The number of anilines is 1. The molecule has 0 saturated carbocycles. The molecule has 2 aromatic heterocycles. The lowest BCUT2D eigenvalue weighted by Crippen LogP contribution is -2.31. The summed E-state index contributed by atoms with van der Waals surface area (Å²) in [7, 11) is 0. The third kappa shape index (κ3) is 5.39. The minimum absolute atomic E-state index is 0.116. The summed E-state index contributed by atoms with van der Waals surface area (Å²) >= 11 is 0. The predicted octanol–water partition coefficient (Wildman–Crippen LogP) is 5.67. The van der Waals surface area contributed by atoms with Gasteiger partial charge in [-0.2, -0.15) is 13.2 Å². The topological polar surface area (TPSA) is 51.1 Å². The van der Waals surface area contributed by atoms with Gasteiger partial charge in [0.2, 0.25) is 5.88 Å². The number of aromatic nitrogens is 3. The van der Waals surface area contributed by atoms with Gasteiger partial charge in [-0.1, -0.05) is 23.8 Å². The van der Waals surface area contributed by atoms with Gasteiger partial charge in [0.1, 0.15) is 11.6 Å². The van der Waals surface area contributed by atoms with Crippen LogP contribution in [0.25, 0.3) is 6.08 Å². The normalized spacial score (nSPS) is 14.5. The van der Waals surface area contributed by atoms with E-state index in [1.165, 1.54) is 11.6 Å². The third-order valence-corrected chi connectivity index (χ3v) is 5.01. The molecule has 0 spiro atoms. The quantitative estimate of drug-likeness (QED) is 0.538. The van der Waals surface area contributed by atoms with E-state index in [2.05, 4.69) is 25.9 Å². The number of nitrogens with zero attached hydrogens (tertiary/aromatic N) is 4. The van der Waals surface area contributed by atoms with Crippen molar-refractivity contribution >= 4 is 11.9 Å². The predicted molar refractivity (Wildman–Crippen MR) is 112 cm³/mol. The molecule has 0 amide bonds. The van der Waals surface area contributed by atoms with Crippen molar-refractivity contribution in [3.63, 3.8) is 0 Å². The van der Waals surface area contributed by atoms with Crippen LogP contribution in [0.1, 0.15) is 29.7 Å². The van der Waals surface area contributed by atoms with Crippen molar-refractivity contribution in [3.8, 4) is 11.6 Å². The van der Waals surface area contributed by atoms with Crippen molar-refractivity contribution in [2.45, 2.75) is 25.9 Å². The van der Waals surface area contributed by atoms with E-state index < -0.39 is 11.7 Å². The highest BCUT2D eigenvalue weighted by Gasteiger charge is 2.30. The standard InChI is InChI=1S/C23H21F3N4O/c1-16-13-28-21(15-27-16)30-9-7-17(8-10-30)11-18-3-2-4-20(12-18)31-22-6-5-19(14-29-22)23(24,25)26/h2-6,11-15H,7-10H2,1H3. The Hall–Kier alpha value is -3.42. The van der Waals surface area contributed by atoms with Crippen LogP contribution in [0.3, 0.4) is 0 Å². The molecule has 1 aromatic carbocycles. The van der Waals surface area contributed by atoms with E-state index in [0.29, 0.717) is 5.75 Å². The Morgan fingerprint density at radius 3 is 2.42 bits per heavy atom. The minimum atomic E-state index is -4.42. The first kappa shape index (κ1) is 20.8. The summed E-state index contributed by atoms with van der Waals surface area (Å²) in [6.45, 7) is 3.66. The fourth-order valence-corrected chi connectivity index (χ4v) is 3.35. The summed E-state index contributed by atoms with van der Waals surface area (Å²) in [5.74, 6) is 1.53. The first-order valence-electron chi connectivity index (χ1n) is 9.91. The molecular formula is C23H21F3N4O. The number of rotatable bonds is 4. The van der Waals surface area contributed by atoms with Gasteiger partial charge in [0.05, 0.1) is 23.7 Å². The maximum Gasteiger partial charge on any atom is 0.417 e. The fourth-order valence-electron chi connectivity index (χ4n) is 3.35. The van der Waals surface area contributed by atoms with Crippen molar-refractivity contribution in [2.24, 2.45) is 0 Å². The average Bonchev–Trinajstić information content (AvgIpc) is 2.75. The summed E-state index contributed by atoms with van der Waals surface area (Å²) in [6, 6.07) is 9.60. The third-order valence-electron chi connectivity index (χ3n) is 5.01. The van der Waals surface area contributed by atoms with Crippen LogP contribution >= 0.6 is 0 Å². The lowest BCUT2D eigenvalue weighted by molar-refractivity contribution is -0.137. The van der Waals surface area contributed by atoms with Gasteiger partial charge in [-0.25, -0.2) is 9.97 Å². The van der Waals surface area contributed by atoms with Crippen LogP contribution in [0, 0.1) is 6.92 Å². The number of piperidine rings is 1. The maximum atomic E-state index is 12.7. The molecule has 0 atom stereocenters. The molecule has 3 heterocycles. The monoisotopic (exact) mass is 426 g/mol. The number of halogens is 3. The maximum absolute atomic E-state index is 12.7. The minimum Gasteiger partial charge on any atom is -0.439 e. The van der Waals surface area contributed by atoms with Crippen LogP contribution in [0.15, 0.2) is 60.6 Å². The molecule has 4 rings (SSSR count). The van der Waals surface area contributed by atoms with E-state index in [0.717, 1.165) is 55.3 Å². The second kappa shape index (κ2) is 8.75. The largest absolute Gasteiger partial charge is 0.439 e. The number of ether oxygens (including phenoxy) is 1. The average molecular weight is 426 g/mol. The molecule has 1 fully saturated rings. The summed E-state index contributed by atoms with van der Waals surface area (Å²) in [4.78, 5) is 14.7. The van der Waals surface area contributed by atoms with E-state index >= 15 is 0 Å². The Morgan fingerprint density at radius 2 is 1.77 bits per heavy atom. The number of pyridine rings is 1. The van der Waals surface area contributed by atoms with Gasteiger partial charge in [-0.15, -0.1) is 0 Å². The van der Waals surface area contributed by atoms with Gasteiger partial charge >= 0.3 is 6.18 Å². The van der Waals surface area contributed by atoms with Crippen molar-refractivity contribution in [1.29, 1.82) is 0 Å². The van der Waals surface area contributed by atoms with Crippen LogP contribution in [0.5, 0.6) is 11.6 Å². The molecule has 5 nitrogen and oxygen atoms in total. The van der Waals surface area contributed by atoms with Gasteiger partial charge in [0, 0.05) is 25.4 Å². The lowest BCUT2D eigenvalue weighted by atomic mass is 10.0. The molecule has 3 aromatic rings. The number of hydrogen-bond donors (Lipinski definition) is 0. The lowest BCUT2D eigenvalue weighted by Gasteiger charge is -2.29. The molecule has 0 N–H and O–H groups in total. The van der Waals surface area contributed by atoms with Crippen LogP contribution in [0.4, 0.5) is 19.0 Å². The molecule has 8 heteroatoms. The Kier molecular flexibility index (Phi) is 5.88. The van der Waals surface area contributed by atoms with E-state index in [4.69, 9.17) is 4.74 Å². The summed E-state index contributed by atoms with van der Waals surface area (Å²) in [6.07, 6.45) is 3.90. The van der Waals surface area contributed by atoms with Crippen LogP contribution in [-0.2, 0) is 6.18 Å². The second-order valence-corrected chi connectivity index (χ2v) is 7.36. The van der Waals surface area contributed by atoms with E-state index in [1.807, 2.05) is 25.1 Å². The Morgan fingerprint density at radius 1 is 0.968 bits per heavy atom. The van der Waals surface area contributed by atoms with Gasteiger partial charge in [-0.3, -0.25) is 4.98 Å². The molecule has 1 aliphatic heterocycles. The van der Waals surface area contributed by atoms with Crippen molar-refractivity contribution < 1.29 is 17.9 Å². The van der Waals surface area contributed by atoms with Gasteiger partial charge in [0.15, 0.2) is 0 Å². The first-order valence-corrected chi connectivity index (χ1v) is 9.91. The molecule has 0 radical (unpaired) electrons. The highest BCUT2D eigenvalue weighted by molar-refractivity contribution is 5.56. The first-order chi connectivity index (χ1) is 14.9. The number of benzene rings is 1. The zero-order valence-corrected chi connectivity index (χ0v) is 16.9. The Balaban J connectivity index is 1.39. The Labute approximate surface area is 178 Å². The molecule has 0 unspecified atom stereocenters. The van der Waals surface area contributed by atoms with Crippen LogP contribution in [0.2, 0.25) is 0 Å². The summed E-state index contributed by atoms with van der Waals surface area (Å²) in [5, 5.41) is 0. The van der Waals surface area contributed by atoms with Crippen molar-refractivity contribution in [1.82, 2.24) is 15.0 Å². The fraction of sp³-hybridized carbons (Fsp3) is 0.261. The molecule has 0 bridgehead atoms. The molecule has 160 valence electrons. The molecule has 0 aliphatic carbocycles. The van der Waals surface area contributed by atoms with Crippen LogP contribution < -0.4 is 9.64 Å². The number of hydrogen-bond acceptors (Lipinski definition) is 5. The van der Waals surface area contributed by atoms with E-state index in [1.54, 1.807) is 18.5 Å². The molecule has 31 heavy (non-hydrogen) atoms. The zero-order chi connectivity index (χ0) is 21.8. The van der Waals surface area contributed by atoms with Crippen molar-refractivity contribution in [3.05, 3.63) is 77.4 Å². The highest BCUT2D eigenvalue weighted by Crippen LogP contribution is 2.30. The van der Waals surface area contributed by atoms with Gasteiger partial charge in [-0.05, 0) is 43.5 Å². The molecule has 1 saturated heterocycles. The number of aryl methyl sites for hydroxylation is 1.